The van der Waals surface area contributed by atoms with Gasteiger partial charge in [0.1, 0.15) is 18.1 Å². The molecule has 0 aliphatic carbocycles. The van der Waals surface area contributed by atoms with E-state index in [-0.39, 0.29) is 28.8 Å². The number of hydrogen-bond donors (Lipinski definition) is 1. The van der Waals surface area contributed by atoms with Crippen LogP contribution in [0.5, 0.6) is 5.75 Å². The highest BCUT2D eigenvalue weighted by molar-refractivity contribution is 6.32. The normalized spacial score (nSPS) is 10.9. The van der Waals surface area contributed by atoms with Gasteiger partial charge in [0, 0.05) is 11.3 Å². The van der Waals surface area contributed by atoms with Gasteiger partial charge >= 0.3 is 6.61 Å². The lowest BCUT2D eigenvalue weighted by Crippen LogP contribution is -2.20. The average molecular weight is 398 g/mol. The van der Waals surface area contributed by atoms with Crippen molar-refractivity contribution in [1.29, 1.82) is 0 Å². The maximum Gasteiger partial charge on any atom is 0.387 e. The summed E-state index contributed by atoms with van der Waals surface area (Å²) in [5.41, 5.74) is 0.695. The number of alkyl halides is 2. The van der Waals surface area contributed by atoms with Crippen molar-refractivity contribution in [2.75, 3.05) is 5.32 Å². The second kappa shape index (κ2) is 8.04. The Bertz CT molecular complexity index is 967. The summed E-state index contributed by atoms with van der Waals surface area (Å²) in [7, 11) is 0. The molecule has 1 heterocycles. The van der Waals surface area contributed by atoms with Gasteiger partial charge in [0.25, 0.3) is 0 Å². The lowest BCUT2D eigenvalue weighted by Gasteiger charge is -2.09. The molecule has 2 aromatic carbocycles. The van der Waals surface area contributed by atoms with E-state index in [1.807, 2.05) is 0 Å². The first kappa shape index (κ1) is 18.6. The molecule has 0 aliphatic heterocycles. The van der Waals surface area contributed by atoms with Crippen LogP contribution in [0.25, 0.3) is 11.4 Å². The third kappa shape index (κ3) is 4.94. The maximum atomic E-state index is 13.2. The molecule has 0 spiro atoms. The van der Waals surface area contributed by atoms with Gasteiger partial charge in [-0.05, 0) is 35.5 Å². The van der Waals surface area contributed by atoms with Crippen LogP contribution >= 0.6 is 11.6 Å². The second-order valence-corrected chi connectivity index (χ2v) is 5.63. The van der Waals surface area contributed by atoms with Crippen molar-refractivity contribution in [3.63, 3.8) is 0 Å². The molecule has 0 saturated heterocycles. The largest absolute Gasteiger partial charge is 0.433 e. The van der Waals surface area contributed by atoms with Crippen molar-refractivity contribution >= 4 is 23.2 Å². The van der Waals surface area contributed by atoms with Gasteiger partial charge in [-0.1, -0.05) is 23.7 Å². The number of hydrogen-bond acceptors (Lipinski definition) is 5. The Morgan fingerprint density at radius 1 is 1.26 bits per heavy atom. The summed E-state index contributed by atoms with van der Waals surface area (Å²) in [4.78, 5) is 13.1. The summed E-state index contributed by atoms with van der Waals surface area (Å²) in [5.74, 6) is -0.990. The zero-order chi connectivity index (χ0) is 19.4. The Balaban J connectivity index is 1.64. The van der Waals surface area contributed by atoms with Crippen molar-refractivity contribution in [3.05, 3.63) is 53.3 Å². The van der Waals surface area contributed by atoms with E-state index in [0.717, 1.165) is 4.80 Å². The molecule has 11 heteroatoms. The quantitative estimate of drug-likeness (QED) is 0.689. The van der Waals surface area contributed by atoms with Crippen LogP contribution < -0.4 is 10.1 Å². The minimum atomic E-state index is -3.01. The number of benzene rings is 2. The van der Waals surface area contributed by atoms with E-state index in [1.165, 1.54) is 36.4 Å². The first-order valence-corrected chi connectivity index (χ1v) is 7.86. The van der Waals surface area contributed by atoms with Crippen molar-refractivity contribution < 1.29 is 22.7 Å². The molecule has 0 bridgehead atoms. The Morgan fingerprint density at radius 3 is 2.78 bits per heavy atom. The van der Waals surface area contributed by atoms with E-state index in [2.05, 4.69) is 25.5 Å². The van der Waals surface area contributed by atoms with E-state index in [4.69, 9.17) is 11.6 Å². The Hall–Kier alpha value is -3.14. The summed E-state index contributed by atoms with van der Waals surface area (Å²) in [6, 6.07) is 9.47. The minimum absolute atomic E-state index is 0.0830. The number of carbonyl (C=O) groups is 1. The van der Waals surface area contributed by atoms with Crippen LogP contribution in [0.2, 0.25) is 5.02 Å². The first-order valence-electron chi connectivity index (χ1n) is 7.48. The number of ether oxygens (including phenoxy) is 1. The number of nitrogens with one attached hydrogen (secondary N) is 1. The maximum absolute atomic E-state index is 13.2. The summed E-state index contributed by atoms with van der Waals surface area (Å²) < 4.78 is 41.9. The Morgan fingerprint density at radius 2 is 2.07 bits per heavy atom. The average Bonchev–Trinajstić information content (AvgIpc) is 3.05. The number of amides is 1. The molecule has 1 amide bonds. The molecule has 140 valence electrons. The molecule has 0 unspecified atom stereocenters. The summed E-state index contributed by atoms with van der Waals surface area (Å²) >= 11 is 5.82. The predicted molar refractivity (Wildman–Crippen MR) is 89.9 cm³/mol. The van der Waals surface area contributed by atoms with Crippen LogP contribution in [-0.4, -0.2) is 32.7 Å². The van der Waals surface area contributed by atoms with Crippen LogP contribution in [0.4, 0.5) is 18.9 Å². The number of anilines is 1. The zero-order valence-corrected chi connectivity index (χ0v) is 14.2. The van der Waals surface area contributed by atoms with Crippen molar-refractivity contribution in [2.45, 2.75) is 13.2 Å². The molecule has 3 aromatic rings. The van der Waals surface area contributed by atoms with Gasteiger partial charge < -0.3 is 10.1 Å². The van der Waals surface area contributed by atoms with Gasteiger partial charge in [0.2, 0.25) is 11.7 Å². The first-order chi connectivity index (χ1) is 12.9. The van der Waals surface area contributed by atoms with E-state index < -0.39 is 18.3 Å². The summed E-state index contributed by atoms with van der Waals surface area (Å²) in [6.07, 6.45) is 0. The number of rotatable bonds is 6. The third-order valence-electron chi connectivity index (χ3n) is 3.25. The fourth-order valence-corrected chi connectivity index (χ4v) is 2.38. The Labute approximate surface area is 155 Å². The van der Waals surface area contributed by atoms with Crippen molar-refractivity contribution in [1.82, 2.24) is 20.2 Å². The molecule has 0 fully saturated rings. The van der Waals surface area contributed by atoms with Crippen molar-refractivity contribution in [2.24, 2.45) is 0 Å². The zero-order valence-electron chi connectivity index (χ0n) is 13.4. The van der Waals surface area contributed by atoms with Gasteiger partial charge in [0.15, 0.2) is 0 Å². The van der Waals surface area contributed by atoms with Gasteiger partial charge in [-0.2, -0.15) is 13.6 Å². The lowest BCUT2D eigenvalue weighted by molar-refractivity contribution is -0.117. The minimum Gasteiger partial charge on any atom is -0.433 e. The highest BCUT2D eigenvalue weighted by Crippen LogP contribution is 2.28. The number of halogens is 4. The molecular weight excluding hydrogens is 387 g/mol. The molecule has 0 radical (unpaired) electrons. The number of carbonyl (C=O) groups excluding carboxylic acids is 1. The topological polar surface area (TPSA) is 81.9 Å². The van der Waals surface area contributed by atoms with Crippen molar-refractivity contribution in [3.8, 4) is 17.1 Å². The highest BCUT2D eigenvalue weighted by atomic mass is 35.5. The molecule has 7 nitrogen and oxygen atoms in total. The van der Waals surface area contributed by atoms with E-state index in [9.17, 15) is 18.0 Å². The number of tetrazole rings is 1. The van der Waals surface area contributed by atoms with Gasteiger partial charge in [-0.15, -0.1) is 10.2 Å². The van der Waals surface area contributed by atoms with Gasteiger partial charge in [-0.25, -0.2) is 4.39 Å². The second-order valence-electron chi connectivity index (χ2n) is 5.23. The predicted octanol–water partition coefficient (Wildman–Crippen LogP) is 3.37. The van der Waals surface area contributed by atoms with Crippen LogP contribution in [0.15, 0.2) is 42.5 Å². The van der Waals surface area contributed by atoms with Crippen LogP contribution in [0.1, 0.15) is 0 Å². The summed E-state index contributed by atoms with van der Waals surface area (Å²) in [6.45, 7) is -3.27. The van der Waals surface area contributed by atoms with E-state index >= 15 is 0 Å². The smallest absolute Gasteiger partial charge is 0.387 e. The number of nitrogens with zero attached hydrogens (tertiary/aromatic N) is 4. The number of aromatic nitrogens is 4. The third-order valence-corrected chi connectivity index (χ3v) is 3.55. The highest BCUT2D eigenvalue weighted by Gasteiger charge is 2.12. The Kier molecular flexibility index (Phi) is 5.55. The lowest BCUT2D eigenvalue weighted by atomic mass is 10.2. The molecule has 0 atom stereocenters. The summed E-state index contributed by atoms with van der Waals surface area (Å²) in [5, 5.41) is 13.9. The molecule has 0 aliphatic rings. The SMILES string of the molecule is O=C(Cn1nnc(-c2cccc(F)c2)n1)Nc1ccc(OC(F)F)c(Cl)c1. The van der Waals surface area contributed by atoms with Gasteiger partial charge in [0.05, 0.1) is 5.02 Å². The molecule has 1 aromatic heterocycles. The molecule has 0 saturated carbocycles. The van der Waals surface area contributed by atoms with E-state index in [0.29, 0.717) is 5.56 Å². The standard InChI is InChI=1S/C16H11ClF3N5O2/c17-12-7-11(4-5-13(12)27-16(19)20)21-14(26)8-25-23-15(22-24-25)9-2-1-3-10(18)6-9/h1-7,16H,8H2,(H,21,26). The molecule has 1 N–H and O–H groups in total. The fraction of sp³-hybridized carbons (Fsp3) is 0.125. The molecular formula is C16H11ClF3N5O2. The molecule has 27 heavy (non-hydrogen) atoms. The fourth-order valence-electron chi connectivity index (χ4n) is 2.15. The van der Waals surface area contributed by atoms with Crippen LogP contribution in [0.3, 0.4) is 0 Å². The van der Waals surface area contributed by atoms with Crippen LogP contribution in [0, 0.1) is 5.82 Å². The van der Waals surface area contributed by atoms with Crippen LogP contribution in [-0.2, 0) is 11.3 Å². The van der Waals surface area contributed by atoms with E-state index in [1.54, 1.807) is 6.07 Å². The van der Waals surface area contributed by atoms with Gasteiger partial charge in [-0.3, -0.25) is 4.79 Å². The molecule has 3 rings (SSSR count). The monoisotopic (exact) mass is 397 g/mol.